The summed E-state index contributed by atoms with van der Waals surface area (Å²) in [6, 6.07) is 5.80. The summed E-state index contributed by atoms with van der Waals surface area (Å²) in [7, 11) is 0. The van der Waals surface area contributed by atoms with Gasteiger partial charge in [-0.05, 0) is 36.1 Å². The van der Waals surface area contributed by atoms with Crippen LogP contribution < -0.4 is 4.74 Å². The van der Waals surface area contributed by atoms with E-state index >= 15 is 0 Å². The van der Waals surface area contributed by atoms with Gasteiger partial charge in [0.25, 0.3) is 0 Å². The Hall–Kier alpha value is -1.45. The van der Waals surface area contributed by atoms with E-state index in [2.05, 4.69) is 25.5 Å². The van der Waals surface area contributed by atoms with Gasteiger partial charge in [0.2, 0.25) is 0 Å². The average molecular weight is 256 g/mol. The maximum absolute atomic E-state index is 11.9. The Labute approximate surface area is 106 Å². The van der Waals surface area contributed by atoms with Crippen LogP contribution in [-0.2, 0) is 0 Å². The van der Waals surface area contributed by atoms with Crippen LogP contribution in [0.5, 0.6) is 5.75 Å². The molecule has 0 aromatic heterocycles. The van der Waals surface area contributed by atoms with Crippen LogP contribution in [0.2, 0.25) is 0 Å². The highest BCUT2D eigenvalue weighted by molar-refractivity contribution is 5.96. The molecule has 0 radical (unpaired) electrons. The van der Waals surface area contributed by atoms with E-state index in [-0.39, 0.29) is 16.9 Å². The van der Waals surface area contributed by atoms with Crippen molar-refractivity contribution in [2.45, 2.75) is 40.2 Å². The Morgan fingerprint density at radius 1 is 1.22 bits per heavy atom. The van der Waals surface area contributed by atoms with Crippen LogP contribution in [-0.4, -0.2) is 12.4 Å². The number of rotatable bonds is 5. The molecule has 18 heavy (non-hydrogen) atoms. The topological polar surface area (TPSA) is 26.3 Å². The van der Waals surface area contributed by atoms with E-state index in [9.17, 15) is 13.6 Å². The second-order valence-electron chi connectivity index (χ2n) is 5.39. The number of ketones is 1. The standard InChI is InChI=1S/C14H18F2O2/c1-14(2,3)9-8-12(17)10-4-6-11(7-5-10)18-13(15)16/h4-7,13H,8-9H2,1-3H3. The molecule has 0 fully saturated rings. The number of carbonyl (C=O) groups is 1. The van der Waals surface area contributed by atoms with Crippen molar-refractivity contribution in [3.05, 3.63) is 29.8 Å². The van der Waals surface area contributed by atoms with Crippen LogP contribution in [0.4, 0.5) is 8.78 Å². The van der Waals surface area contributed by atoms with Gasteiger partial charge in [0.15, 0.2) is 5.78 Å². The van der Waals surface area contributed by atoms with Crippen LogP contribution in [0, 0.1) is 5.41 Å². The summed E-state index contributed by atoms with van der Waals surface area (Å²) >= 11 is 0. The first-order valence-electron chi connectivity index (χ1n) is 5.86. The molecule has 1 rings (SSSR count). The molecule has 0 atom stereocenters. The van der Waals surface area contributed by atoms with Crippen molar-refractivity contribution in [3.8, 4) is 5.75 Å². The lowest BCUT2D eigenvalue weighted by atomic mass is 9.88. The molecule has 1 aromatic rings. The number of carbonyl (C=O) groups excluding carboxylic acids is 1. The number of ether oxygens (including phenoxy) is 1. The number of halogens is 2. The molecule has 0 heterocycles. The first-order chi connectivity index (χ1) is 8.28. The largest absolute Gasteiger partial charge is 0.435 e. The fourth-order valence-electron chi connectivity index (χ4n) is 1.46. The van der Waals surface area contributed by atoms with Crippen molar-refractivity contribution in [3.63, 3.8) is 0 Å². The van der Waals surface area contributed by atoms with E-state index in [0.717, 1.165) is 6.42 Å². The summed E-state index contributed by atoms with van der Waals surface area (Å²) in [5.74, 6) is 0.0888. The van der Waals surface area contributed by atoms with Crippen molar-refractivity contribution in [1.29, 1.82) is 0 Å². The van der Waals surface area contributed by atoms with Gasteiger partial charge in [-0.15, -0.1) is 0 Å². The lowest BCUT2D eigenvalue weighted by Crippen LogP contribution is -2.09. The van der Waals surface area contributed by atoms with Gasteiger partial charge in [-0.3, -0.25) is 4.79 Å². The van der Waals surface area contributed by atoms with Crippen LogP contribution in [0.15, 0.2) is 24.3 Å². The van der Waals surface area contributed by atoms with E-state index < -0.39 is 6.61 Å². The first-order valence-corrected chi connectivity index (χ1v) is 5.86. The second-order valence-corrected chi connectivity index (χ2v) is 5.39. The molecule has 0 aliphatic heterocycles. The van der Waals surface area contributed by atoms with Crippen molar-refractivity contribution >= 4 is 5.78 Å². The summed E-state index contributed by atoms with van der Waals surface area (Å²) in [5, 5.41) is 0. The van der Waals surface area contributed by atoms with Gasteiger partial charge in [-0.25, -0.2) is 0 Å². The highest BCUT2D eigenvalue weighted by atomic mass is 19.3. The average Bonchev–Trinajstić information content (AvgIpc) is 2.25. The van der Waals surface area contributed by atoms with Gasteiger partial charge in [0, 0.05) is 12.0 Å². The Morgan fingerprint density at radius 2 is 1.78 bits per heavy atom. The predicted molar refractivity (Wildman–Crippen MR) is 66.1 cm³/mol. The predicted octanol–water partition coefficient (Wildman–Crippen LogP) is 4.30. The summed E-state index contributed by atoms with van der Waals surface area (Å²) < 4.78 is 28.1. The summed E-state index contributed by atoms with van der Waals surface area (Å²) in [4.78, 5) is 11.8. The van der Waals surface area contributed by atoms with E-state index in [1.165, 1.54) is 24.3 Å². The summed E-state index contributed by atoms with van der Waals surface area (Å²) in [6.07, 6.45) is 1.25. The minimum Gasteiger partial charge on any atom is -0.435 e. The minimum atomic E-state index is -2.84. The third-order valence-electron chi connectivity index (χ3n) is 2.50. The Balaban J connectivity index is 2.59. The zero-order valence-corrected chi connectivity index (χ0v) is 10.9. The molecule has 0 aliphatic carbocycles. The van der Waals surface area contributed by atoms with Crippen molar-refractivity contribution in [1.82, 2.24) is 0 Å². The Bertz CT molecular complexity index is 391. The summed E-state index contributed by atoms with van der Waals surface area (Å²) in [5.41, 5.74) is 0.634. The molecule has 0 saturated carbocycles. The Kier molecular flexibility index (Phi) is 4.82. The highest BCUT2D eigenvalue weighted by Gasteiger charge is 2.14. The molecule has 0 amide bonds. The van der Waals surface area contributed by atoms with Crippen molar-refractivity contribution in [2.24, 2.45) is 5.41 Å². The van der Waals surface area contributed by atoms with E-state index in [4.69, 9.17) is 0 Å². The molecule has 1 aromatic carbocycles. The highest BCUT2D eigenvalue weighted by Crippen LogP contribution is 2.22. The molecule has 4 heteroatoms. The second kappa shape index (κ2) is 5.94. The lowest BCUT2D eigenvalue weighted by molar-refractivity contribution is -0.0498. The molecule has 0 unspecified atom stereocenters. The van der Waals surface area contributed by atoms with E-state index in [0.29, 0.717) is 12.0 Å². The third-order valence-corrected chi connectivity index (χ3v) is 2.50. The van der Waals surface area contributed by atoms with Crippen molar-refractivity contribution < 1.29 is 18.3 Å². The van der Waals surface area contributed by atoms with Gasteiger partial charge in [-0.2, -0.15) is 8.78 Å². The SMILES string of the molecule is CC(C)(C)CCC(=O)c1ccc(OC(F)F)cc1. The van der Waals surface area contributed by atoms with Gasteiger partial charge in [-0.1, -0.05) is 20.8 Å². The number of benzene rings is 1. The van der Waals surface area contributed by atoms with Gasteiger partial charge in [0.05, 0.1) is 0 Å². The molecule has 2 nitrogen and oxygen atoms in total. The quantitative estimate of drug-likeness (QED) is 0.734. The van der Waals surface area contributed by atoms with Crippen LogP contribution in [0.25, 0.3) is 0 Å². The van der Waals surface area contributed by atoms with Gasteiger partial charge < -0.3 is 4.74 Å². The number of hydrogen-bond acceptors (Lipinski definition) is 2. The zero-order valence-electron chi connectivity index (χ0n) is 10.9. The van der Waals surface area contributed by atoms with Gasteiger partial charge >= 0.3 is 6.61 Å². The fraction of sp³-hybridized carbons (Fsp3) is 0.500. The van der Waals surface area contributed by atoms with Crippen LogP contribution in [0.1, 0.15) is 44.0 Å². The maximum atomic E-state index is 11.9. The van der Waals surface area contributed by atoms with Gasteiger partial charge in [0.1, 0.15) is 5.75 Å². The molecular formula is C14H18F2O2. The first kappa shape index (κ1) is 14.6. The molecule has 0 saturated heterocycles. The molecule has 100 valence electrons. The minimum absolute atomic E-state index is 0.0218. The molecular weight excluding hydrogens is 238 g/mol. The number of Topliss-reactive ketones (excluding diaryl/α,β-unsaturated/α-hetero) is 1. The Morgan fingerprint density at radius 3 is 2.22 bits per heavy atom. The number of hydrogen-bond donors (Lipinski definition) is 0. The monoisotopic (exact) mass is 256 g/mol. The van der Waals surface area contributed by atoms with E-state index in [1.807, 2.05) is 0 Å². The molecule has 0 spiro atoms. The van der Waals surface area contributed by atoms with Crippen LogP contribution >= 0.6 is 0 Å². The smallest absolute Gasteiger partial charge is 0.387 e. The maximum Gasteiger partial charge on any atom is 0.387 e. The van der Waals surface area contributed by atoms with Crippen molar-refractivity contribution in [2.75, 3.05) is 0 Å². The fourth-order valence-corrected chi connectivity index (χ4v) is 1.46. The lowest BCUT2D eigenvalue weighted by Gasteiger charge is -2.17. The molecule has 0 aliphatic rings. The number of alkyl halides is 2. The molecule has 0 bridgehead atoms. The van der Waals surface area contributed by atoms with E-state index in [1.54, 1.807) is 0 Å². The molecule has 0 N–H and O–H groups in total. The van der Waals surface area contributed by atoms with Crippen LogP contribution in [0.3, 0.4) is 0 Å². The normalized spacial score (nSPS) is 11.7. The third kappa shape index (κ3) is 5.25. The summed E-state index contributed by atoms with van der Waals surface area (Å²) in [6.45, 7) is 3.37. The zero-order chi connectivity index (χ0) is 13.8.